The first-order chi connectivity index (χ1) is 8.78. The van der Waals surface area contributed by atoms with E-state index in [-0.39, 0.29) is 29.4 Å². The van der Waals surface area contributed by atoms with Gasteiger partial charge in [0.25, 0.3) is 0 Å². The molecule has 0 spiro atoms. The summed E-state index contributed by atoms with van der Waals surface area (Å²) in [6, 6.07) is -0.0881. The van der Waals surface area contributed by atoms with Gasteiger partial charge in [0.15, 0.2) is 0 Å². The molecule has 1 aliphatic heterocycles. The van der Waals surface area contributed by atoms with Crippen LogP contribution in [-0.2, 0) is 4.79 Å². The summed E-state index contributed by atoms with van der Waals surface area (Å²) in [5.74, 6) is 0.113. The quantitative estimate of drug-likeness (QED) is 0.688. The van der Waals surface area contributed by atoms with E-state index in [9.17, 15) is 4.79 Å². The van der Waals surface area contributed by atoms with Crippen molar-refractivity contribution in [2.75, 3.05) is 19.7 Å². The molecule has 19 heavy (non-hydrogen) atoms. The van der Waals surface area contributed by atoms with E-state index in [0.717, 1.165) is 32.2 Å². The molecule has 4 nitrogen and oxygen atoms in total. The molecule has 0 aromatic rings. The largest absolute Gasteiger partial charge is 0.396 e. The average Bonchev–Trinajstić information content (AvgIpc) is 2.33. The summed E-state index contributed by atoms with van der Waals surface area (Å²) < 4.78 is 0. The third-order valence-corrected chi connectivity index (χ3v) is 4.14. The van der Waals surface area contributed by atoms with Gasteiger partial charge in [-0.3, -0.25) is 4.79 Å². The molecule has 1 fully saturated rings. The minimum absolute atomic E-state index is 0.0254. The molecule has 0 aromatic heterocycles. The van der Waals surface area contributed by atoms with Gasteiger partial charge in [-0.15, -0.1) is 0 Å². The highest BCUT2D eigenvalue weighted by Crippen LogP contribution is 2.30. The van der Waals surface area contributed by atoms with Crippen molar-refractivity contribution in [1.29, 1.82) is 0 Å². The summed E-state index contributed by atoms with van der Waals surface area (Å²) in [6.45, 7) is 10.4. The molecule has 1 amide bonds. The van der Waals surface area contributed by atoms with Crippen LogP contribution in [0.2, 0.25) is 0 Å². The predicted octanol–water partition coefficient (Wildman–Crippen LogP) is 1.68. The third kappa shape index (κ3) is 5.11. The van der Waals surface area contributed by atoms with Gasteiger partial charge in [-0.25, -0.2) is 0 Å². The summed E-state index contributed by atoms with van der Waals surface area (Å²) in [4.78, 5) is 12.3. The Kier molecular flexibility index (Phi) is 5.81. The van der Waals surface area contributed by atoms with Gasteiger partial charge >= 0.3 is 0 Å². The van der Waals surface area contributed by atoms with Crippen LogP contribution in [0.5, 0.6) is 0 Å². The lowest BCUT2D eigenvalue weighted by molar-refractivity contribution is -0.127. The second kappa shape index (κ2) is 6.71. The number of carbonyl (C=O) groups excluding carboxylic acids is 1. The normalized spacial score (nSPS) is 23.1. The molecule has 1 saturated heterocycles. The topological polar surface area (TPSA) is 61.4 Å². The zero-order valence-electron chi connectivity index (χ0n) is 12.9. The summed E-state index contributed by atoms with van der Waals surface area (Å²) in [5, 5.41) is 15.3. The molecule has 1 rings (SSSR count). The highest BCUT2D eigenvalue weighted by Gasteiger charge is 2.37. The number of carbonyl (C=O) groups is 1. The maximum absolute atomic E-state index is 12.3. The molecule has 0 radical (unpaired) electrons. The zero-order valence-corrected chi connectivity index (χ0v) is 12.9. The van der Waals surface area contributed by atoms with Crippen molar-refractivity contribution in [3.8, 4) is 0 Å². The van der Waals surface area contributed by atoms with E-state index in [2.05, 4.69) is 38.3 Å². The van der Waals surface area contributed by atoms with Crippen LogP contribution in [0.4, 0.5) is 0 Å². The van der Waals surface area contributed by atoms with Gasteiger partial charge in [0, 0.05) is 13.2 Å². The Labute approximate surface area is 117 Å². The lowest BCUT2D eigenvalue weighted by atomic mass is 9.77. The maximum atomic E-state index is 12.3. The van der Waals surface area contributed by atoms with Gasteiger partial charge in [0.2, 0.25) is 5.91 Å². The van der Waals surface area contributed by atoms with E-state index >= 15 is 0 Å². The maximum Gasteiger partial charge on any atom is 0.237 e. The van der Waals surface area contributed by atoms with Crippen molar-refractivity contribution in [3.63, 3.8) is 0 Å². The highest BCUT2D eigenvalue weighted by atomic mass is 16.2. The smallest absolute Gasteiger partial charge is 0.237 e. The van der Waals surface area contributed by atoms with Crippen LogP contribution in [0, 0.1) is 10.8 Å². The molecule has 1 atom stereocenters. The van der Waals surface area contributed by atoms with Gasteiger partial charge in [0.05, 0.1) is 6.04 Å². The fourth-order valence-corrected chi connectivity index (χ4v) is 2.73. The Morgan fingerprint density at radius 1 is 1.47 bits per heavy atom. The minimum Gasteiger partial charge on any atom is -0.396 e. The summed E-state index contributed by atoms with van der Waals surface area (Å²) in [6.07, 6.45) is 3.94. The van der Waals surface area contributed by atoms with Crippen molar-refractivity contribution in [2.24, 2.45) is 10.8 Å². The van der Waals surface area contributed by atoms with Crippen LogP contribution < -0.4 is 10.6 Å². The number of hydrogen-bond donors (Lipinski definition) is 3. The standard InChI is InChI=1S/C15H30N2O2/c1-14(2,7-6-10-18)11-17-13(19)12-15(3,4)8-5-9-16-12/h12,16,18H,5-11H2,1-4H3,(H,17,19). The average molecular weight is 270 g/mol. The van der Waals surface area contributed by atoms with Gasteiger partial charge < -0.3 is 15.7 Å². The second-order valence-electron chi connectivity index (χ2n) is 7.19. The van der Waals surface area contributed by atoms with Crippen LogP contribution in [0.1, 0.15) is 53.4 Å². The van der Waals surface area contributed by atoms with E-state index in [0.29, 0.717) is 6.54 Å². The minimum atomic E-state index is -0.0881. The SMILES string of the molecule is CC(C)(CCCO)CNC(=O)C1NCCCC1(C)C. The van der Waals surface area contributed by atoms with E-state index in [1.165, 1.54) is 0 Å². The molecular weight excluding hydrogens is 240 g/mol. The number of rotatable bonds is 6. The first kappa shape index (κ1) is 16.4. The van der Waals surface area contributed by atoms with Crippen molar-refractivity contribution in [2.45, 2.75) is 59.4 Å². The fourth-order valence-electron chi connectivity index (χ4n) is 2.73. The number of amides is 1. The molecule has 3 N–H and O–H groups in total. The van der Waals surface area contributed by atoms with Crippen molar-refractivity contribution in [1.82, 2.24) is 10.6 Å². The molecule has 4 heteroatoms. The Balaban J connectivity index is 2.46. The summed E-state index contributed by atoms with van der Waals surface area (Å²) in [7, 11) is 0. The van der Waals surface area contributed by atoms with Crippen molar-refractivity contribution < 1.29 is 9.90 Å². The zero-order chi connectivity index (χ0) is 14.5. The van der Waals surface area contributed by atoms with Gasteiger partial charge in [0.1, 0.15) is 0 Å². The lowest BCUT2D eigenvalue weighted by Gasteiger charge is -2.38. The van der Waals surface area contributed by atoms with Crippen LogP contribution in [0.15, 0.2) is 0 Å². The van der Waals surface area contributed by atoms with Crippen molar-refractivity contribution >= 4 is 5.91 Å². The molecule has 0 saturated carbocycles. The van der Waals surface area contributed by atoms with Crippen LogP contribution in [0.25, 0.3) is 0 Å². The van der Waals surface area contributed by atoms with Gasteiger partial charge in [-0.05, 0) is 43.1 Å². The monoisotopic (exact) mass is 270 g/mol. The van der Waals surface area contributed by atoms with E-state index < -0.39 is 0 Å². The summed E-state index contributed by atoms with van der Waals surface area (Å²) in [5.41, 5.74) is 0.0643. The van der Waals surface area contributed by atoms with Gasteiger partial charge in [-0.2, -0.15) is 0 Å². The van der Waals surface area contributed by atoms with E-state index in [1.54, 1.807) is 0 Å². The van der Waals surface area contributed by atoms with Crippen LogP contribution in [0.3, 0.4) is 0 Å². The van der Waals surface area contributed by atoms with Crippen LogP contribution in [-0.4, -0.2) is 36.8 Å². The Morgan fingerprint density at radius 2 is 2.16 bits per heavy atom. The summed E-state index contributed by atoms with van der Waals surface area (Å²) >= 11 is 0. The molecule has 0 aliphatic carbocycles. The first-order valence-corrected chi connectivity index (χ1v) is 7.40. The number of hydrogen-bond acceptors (Lipinski definition) is 3. The van der Waals surface area contributed by atoms with Gasteiger partial charge in [-0.1, -0.05) is 27.7 Å². The van der Waals surface area contributed by atoms with Crippen LogP contribution >= 0.6 is 0 Å². The van der Waals surface area contributed by atoms with E-state index in [4.69, 9.17) is 5.11 Å². The third-order valence-electron chi connectivity index (χ3n) is 4.14. The number of aliphatic hydroxyl groups excluding tert-OH is 1. The second-order valence-corrected chi connectivity index (χ2v) is 7.19. The molecule has 112 valence electrons. The molecule has 1 unspecified atom stereocenters. The number of piperidine rings is 1. The highest BCUT2D eigenvalue weighted by molar-refractivity contribution is 5.82. The Hall–Kier alpha value is -0.610. The van der Waals surface area contributed by atoms with E-state index in [1.807, 2.05) is 0 Å². The Bertz CT molecular complexity index is 301. The molecular formula is C15H30N2O2. The Morgan fingerprint density at radius 3 is 2.74 bits per heavy atom. The molecule has 0 aromatic carbocycles. The fraction of sp³-hybridized carbons (Fsp3) is 0.933. The first-order valence-electron chi connectivity index (χ1n) is 7.40. The molecule has 0 bridgehead atoms. The number of aliphatic hydroxyl groups is 1. The molecule has 1 heterocycles. The predicted molar refractivity (Wildman–Crippen MR) is 77.9 cm³/mol. The number of nitrogens with one attached hydrogen (secondary N) is 2. The lowest BCUT2D eigenvalue weighted by Crippen LogP contribution is -2.56. The van der Waals surface area contributed by atoms with Crippen molar-refractivity contribution in [3.05, 3.63) is 0 Å². The molecule has 1 aliphatic rings.